The van der Waals surface area contributed by atoms with E-state index in [0.29, 0.717) is 33.6 Å². The first-order valence-corrected chi connectivity index (χ1v) is 11.0. The highest BCUT2D eigenvalue weighted by Crippen LogP contribution is 2.24. The third-order valence-electron chi connectivity index (χ3n) is 5.16. The highest BCUT2D eigenvalue weighted by Gasteiger charge is 2.12. The van der Waals surface area contributed by atoms with E-state index in [1.165, 1.54) is 15.2 Å². The molecule has 9 heteroatoms. The molecule has 2 aromatic carbocycles. The summed E-state index contributed by atoms with van der Waals surface area (Å²) in [6, 6.07) is 17.4. The summed E-state index contributed by atoms with van der Waals surface area (Å²) in [6.45, 7) is 2.18. The summed E-state index contributed by atoms with van der Waals surface area (Å²) in [5, 5.41) is 13.0. The highest BCUT2D eigenvalue weighted by atomic mass is 35.5. The number of hydrogen-bond donors (Lipinski definition) is 2. The van der Waals surface area contributed by atoms with E-state index in [0.717, 1.165) is 5.56 Å². The minimum absolute atomic E-state index is 0.123. The van der Waals surface area contributed by atoms with Gasteiger partial charge in [0.25, 0.3) is 5.56 Å². The van der Waals surface area contributed by atoms with E-state index in [2.05, 4.69) is 10.3 Å². The number of ether oxygens (including phenoxy) is 1. The molecule has 2 heterocycles. The molecule has 0 saturated carbocycles. The van der Waals surface area contributed by atoms with E-state index >= 15 is 0 Å². The summed E-state index contributed by atoms with van der Waals surface area (Å²) in [5.41, 5.74) is 1.42. The van der Waals surface area contributed by atoms with Gasteiger partial charge in [0.1, 0.15) is 17.3 Å². The molecule has 0 saturated heterocycles. The topological polar surface area (TPSA) is 98.4 Å². The first-order chi connectivity index (χ1) is 16.5. The maximum Gasteiger partial charge on any atom is 0.332 e. The summed E-state index contributed by atoms with van der Waals surface area (Å²) in [7, 11) is 0. The lowest BCUT2D eigenvalue weighted by Gasteiger charge is -2.17. The van der Waals surface area contributed by atoms with Gasteiger partial charge in [-0.1, -0.05) is 23.7 Å². The van der Waals surface area contributed by atoms with Crippen LogP contribution < -0.4 is 21.3 Å². The van der Waals surface area contributed by atoms with E-state index in [1.807, 2.05) is 12.1 Å². The number of aromatic nitrogens is 3. The summed E-state index contributed by atoms with van der Waals surface area (Å²) < 4.78 is 8.49. The van der Waals surface area contributed by atoms with Crippen LogP contribution in [0.4, 0.5) is 11.5 Å². The molecule has 0 aliphatic carbocycles. The molecule has 174 valence electrons. The molecule has 0 radical (unpaired) electrons. The molecule has 0 aliphatic heterocycles. The predicted octanol–water partition coefficient (Wildman–Crippen LogP) is 4.15. The van der Waals surface area contributed by atoms with Crippen molar-refractivity contribution < 1.29 is 9.84 Å². The average molecular weight is 479 g/mol. The number of aliphatic hydroxyl groups is 1. The second-order valence-electron chi connectivity index (χ2n) is 7.55. The fraction of sp³-hybridized carbons (Fsp3) is 0.160. The van der Waals surface area contributed by atoms with Gasteiger partial charge in [-0.05, 0) is 60.5 Å². The quantitative estimate of drug-likeness (QED) is 0.394. The van der Waals surface area contributed by atoms with Crippen LogP contribution in [-0.4, -0.2) is 19.2 Å². The van der Waals surface area contributed by atoms with Gasteiger partial charge in [-0.2, -0.15) is 0 Å². The van der Waals surface area contributed by atoms with Gasteiger partial charge in [0.15, 0.2) is 0 Å². The minimum Gasteiger partial charge on any atom is -0.456 e. The lowest BCUT2D eigenvalue weighted by atomic mass is 10.2. The minimum atomic E-state index is -0.399. The van der Waals surface area contributed by atoms with Crippen molar-refractivity contribution >= 4 is 23.1 Å². The molecule has 8 nitrogen and oxygen atoms in total. The smallest absolute Gasteiger partial charge is 0.332 e. The number of pyridine rings is 1. The number of nitrogens with zero attached hydrogens (tertiary/aromatic N) is 3. The SMILES string of the molecule is CCn1c(=O)cc(Nc2ccc(Oc3cncc(CO)c3)cc2)n(Cc2ccc(Cl)cc2)c1=O. The predicted molar refractivity (Wildman–Crippen MR) is 131 cm³/mol. The largest absolute Gasteiger partial charge is 0.456 e. The molecule has 0 atom stereocenters. The fourth-order valence-corrected chi connectivity index (χ4v) is 3.56. The van der Waals surface area contributed by atoms with Crippen LogP contribution in [0.1, 0.15) is 18.1 Å². The van der Waals surface area contributed by atoms with E-state index in [4.69, 9.17) is 16.3 Å². The normalized spacial score (nSPS) is 10.8. The first kappa shape index (κ1) is 23.3. The molecule has 4 rings (SSSR count). The van der Waals surface area contributed by atoms with E-state index in [-0.39, 0.29) is 25.3 Å². The van der Waals surface area contributed by atoms with Gasteiger partial charge >= 0.3 is 5.69 Å². The van der Waals surface area contributed by atoms with Crippen LogP contribution in [0.25, 0.3) is 0 Å². The maximum atomic E-state index is 13.0. The molecular weight excluding hydrogens is 456 g/mol. The Bertz CT molecular complexity index is 1400. The zero-order valence-electron chi connectivity index (χ0n) is 18.4. The molecular formula is C25H23ClN4O4. The molecule has 0 aliphatic rings. The second-order valence-corrected chi connectivity index (χ2v) is 7.98. The van der Waals surface area contributed by atoms with Gasteiger partial charge in [-0.3, -0.25) is 18.9 Å². The lowest BCUT2D eigenvalue weighted by Crippen LogP contribution is -2.40. The summed E-state index contributed by atoms with van der Waals surface area (Å²) in [6.07, 6.45) is 3.12. The molecule has 2 N–H and O–H groups in total. The van der Waals surface area contributed by atoms with E-state index in [9.17, 15) is 14.7 Å². The number of rotatable bonds is 8. The van der Waals surface area contributed by atoms with Crippen LogP contribution in [-0.2, 0) is 19.7 Å². The van der Waals surface area contributed by atoms with Gasteiger partial charge in [0, 0.05) is 29.5 Å². The Balaban J connectivity index is 1.60. The molecule has 0 bridgehead atoms. The monoisotopic (exact) mass is 478 g/mol. The van der Waals surface area contributed by atoms with Gasteiger partial charge in [-0.25, -0.2) is 4.79 Å². The van der Waals surface area contributed by atoms with E-state index < -0.39 is 5.69 Å². The van der Waals surface area contributed by atoms with Crippen LogP contribution in [0.3, 0.4) is 0 Å². The van der Waals surface area contributed by atoms with Crippen LogP contribution in [0.5, 0.6) is 11.5 Å². The summed E-state index contributed by atoms with van der Waals surface area (Å²) in [5.74, 6) is 1.46. The Morgan fingerprint density at radius 2 is 1.68 bits per heavy atom. The third kappa shape index (κ3) is 5.36. The van der Waals surface area contributed by atoms with Gasteiger partial charge in [0.05, 0.1) is 19.3 Å². The third-order valence-corrected chi connectivity index (χ3v) is 5.42. The van der Waals surface area contributed by atoms with E-state index in [1.54, 1.807) is 61.8 Å². The van der Waals surface area contributed by atoms with Crippen LogP contribution in [0.15, 0.2) is 82.6 Å². The number of benzene rings is 2. The Morgan fingerprint density at radius 3 is 2.35 bits per heavy atom. The van der Waals surface area contributed by atoms with Crippen molar-refractivity contribution in [3.8, 4) is 11.5 Å². The molecule has 2 aromatic heterocycles. The highest BCUT2D eigenvalue weighted by molar-refractivity contribution is 6.30. The van der Waals surface area contributed by atoms with Gasteiger partial charge < -0.3 is 15.2 Å². The maximum absolute atomic E-state index is 13.0. The van der Waals surface area contributed by atoms with Crippen molar-refractivity contribution in [2.45, 2.75) is 26.6 Å². The molecule has 4 aromatic rings. The van der Waals surface area contributed by atoms with Crippen LogP contribution >= 0.6 is 11.6 Å². The average Bonchev–Trinajstić information content (AvgIpc) is 2.84. The summed E-state index contributed by atoms with van der Waals surface area (Å²) in [4.78, 5) is 29.6. The Labute approximate surface area is 200 Å². The van der Waals surface area contributed by atoms with Crippen molar-refractivity contribution in [1.29, 1.82) is 0 Å². The molecule has 0 unspecified atom stereocenters. The Hall–Kier alpha value is -3.88. The molecule has 0 fully saturated rings. The number of aliphatic hydroxyl groups excluding tert-OH is 1. The lowest BCUT2D eigenvalue weighted by molar-refractivity contribution is 0.280. The number of halogens is 1. The molecule has 34 heavy (non-hydrogen) atoms. The molecule has 0 spiro atoms. The van der Waals surface area contributed by atoms with Crippen LogP contribution in [0.2, 0.25) is 5.02 Å². The Morgan fingerprint density at radius 1 is 0.941 bits per heavy atom. The number of nitrogens with one attached hydrogen (secondary N) is 1. The first-order valence-electron chi connectivity index (χ1n) is 10.7. The second kappa shape index (κ2) is 10.4. The standard InChI is InChI=1S/C25H23ClN4O4/c1-2-29-24(32)12-23(30(25(29)33)15-17-3-5-19(26)6-4-17)28-20-7-9-21(10-8-20)34-22-11-18(16-31)13-27-14-22/h3-14,28,31H,2,15-16H2,1H3. The molecule has 0 amide bonds. The van der Waals surface area contributed by atoms with Crippen molar-refractivity contribution in [2.24, 2.45) is 0 Å². The number of hydrogen-bond acceptors (Lipinski definition) is 6. The summed E-state index contributed by atoms with van der Waals surface area (Å²) >= 11 is 5.98. The van der Waals surface area contributed by atoms with Crippen molar-refractivity contribution in [3.05, 3.63) is 110 Å². The zero-order chi connectivity index (χ0) is 24.1. The van der Waals surface area contributed by atoms with Crippen molar-refractivity contribution in [2.75, 3.05) is 5.32 Å². The van der Waals surface area contributed by atoms with Gasteiger partial charge in [-0.15, -0.1) is 0 Å². The van der Waals surface area contributed by atoms with Crippen molar-refractivity contribution in [1.82, 2.24) is 14.1 Å². The number of anilines is 2. The van der Waals surface area contributed by atoms with Crippen molar-refractivity contribution in [3.63, 3.8) is 0 Å². The zero-order valence-corrected chi connectivity index (χ0v) is 19.2. The van der Waals surface area contributed by atoms with Crippen LogP contribution in [0, 0.1) is 0 Å². The van der Waals surface area contributed by atoms with Gasteiger partial charge in [0.2, 0.25) is 0 Å². The fourth-order valence-electron chi connectivity index (χ4n) is 3.43. The Kier molecular flexibility index (Phi) is 7.10.